The van der Waals surface area contributed by atoms with E-state index in [1.54, 1.807) is 13.8 Å². The van der Waals surface area contributed by atoms with E-state index in [1.807, 2.05) is 0 Å². The van der Waals surface area contributed by atoms with E-state index in [2.05, 4.69) is 9.46 Å². The Labute approximate surface area is 122 Å². The zero-order valence-corrected chi connectivity index (χ0v) is 13.0. The molecule has 0 aliphatic rings. The number of sulfonamides is 1. The van der Waals surface area contributed by atoms with E-state index in [0.717, 1.165) is 13.2 Å². The highest BCUT2D eigenvalue weighted by Gasteiger charge is 2.30. The van der Waals surface area contributed by atoms with Crippen molar-refractivity contribution in [2.24, 2.45) is 13.0 Å². The van der Waals surface area contributed by atoms with Crippen molar-refractivity contribution in [2.45, 2.75) is 24.8 Å². The number of carbonyl (C=O) groups is 2. The maximum atomic E-state index is 12.2. The Morgan fingerprint density at radius 1 is 1.38 bits per heavy atom. The van der Waals surface area contributed by atoms with E-state index in [9.17, 15) is 18.0 Å². The Morgan fingerprint density at radius 3 is 2.33 bits per heavy atom. The van der Waals surface area contributed by atoms with Gasteiger partial charge in [0.05, 0.1) is 7.11 Å². The molecule has 0 amide bonds. The Morgan fingerprint density at radius 2 is 1.95 bits per heavy atom. The lowest BCUT2D eigenvalue weighted by Crippen LogP contribution is -2.44. The van der Waals surface area contributed by atoms with Crippen LogP contribution in [0.2, 0.25) is 0 Å². The number of methoxy groups -OCH3 is 1. The van der Waals surface area contributed by atoms with Crippen LogP contribution in [0.1, 0.15) is 24.3 Å². The highest BCUT2D eigenvalue weighted by molar-refractivity contribution is 7.89. The van der Waals surface area contributed by atoms with E-state index >= 15 is 0 Å². The molecule has 0 fully saturated rings. The van der Waals surface area contributed by atoms with E-state index < -0.39 is 28.0 Å². The molecule has 1 atom stereocenters. The number of hydrogen-bond donors (Lipinski definition) is 2. The summed E-state index contributed by atoms with van der Waals surface area (Å²) in [4.78, 5) is 22.3. The molecule has 0 saturated heterocycles. The average Bonchev–Trinajstić information content (AvgIpc) is 2.78. The summed E-state index contributed by atoms with van der Waals surface area (Å²) in [5, 5.41) is 8.93. The van der Waals surface area contributed by atoms with Crippen LogP contribution in [0.5, 0.6) is 0 Å². The van der Waals surface area contributed by atoms with Crippen molar-refractivity contribution in [3.63, 3.8) is 0 Å². The second-order valence-electron chi connectivity index (χ2n) is 4.84. The van der Waals surface area contributed by atoms with Crippen molar-refractivity contribution in [1.82, 2.24) is 9.29 Å². The third-order valence-electron chi connectivity index (χ3n) is 2.91. The molecule has 0 aliphatic heterocycles. The largest absolute Gasteiger partial charge is 0.477 e. The minimum Gasteiger partial charge on any atom is -0.477 e. The summed E-state index contributed by atoms with van der Waals surface area (Å²) in [7, 11) is -1.45. The van der Waals surface area contributed by atoms with Crippen LogP contribution in [0.4, 0.5) is 0 Å². The first-order valence-electron chi connectivity index (χ1n) is 6.10. The Bertz CT molecular complexity index is 647. The molecule has 0 aromatic carbocycles. The van der Waals surface area contributed by atoms with Crippen molar-refractivity contribution in [3.05, 3.63) is 18.0 Å². The highest BCUT2D eigenvalue weighted by Crippen LogP contribution is 2.16. The number of rotatable bonds is 6. The van der Waals surface area contributed by atoms with Gasteiger partial charge in [0.1, 0.15) is 16.6 Å². The lowest BCUT2D eigenvalue weighted by Gasteiger charge is -2.19. The normalized spacial score (nSPS) is 13.2. The first kappa shape index (κ1) is 17.2. The zero-order valence-electron chi connectivity index (χ0n) is 12.2. The molecule has 118 valence electrons. The summed E-state index contributed by atoms with van der Waals surface area (Å²) < 4.78 is 32.4. The summed E-state index contributed by atoms with van der Waals surface area (Å²) in [6, 6.07) is -0.0206. The lowest BCUT2D eigenvalue weighted by molar-refractivity contribution is -0.143. The number of nitrogens with zero attached hydrogens (tertiary/aromatic N) is 1. The average molecular weight is 318 g/mol. The molecule has 0 saturated carbocycles. The smallest absolute Gasteiger partial charge is 0.352 e. The second-order valence-corrected chi connectivity index (χ2v) is 6.56. The fourth-order valence-electron chi connectivity index (χ4n) is 1.71. The number of ether oxygens (including phenoxy) is 1. The van der Waals surface area contributed by atoms with Crippen LogP contribution in [-0.2, 0) is 26.6 Å². The molecule has 0 aliphatic carbocycles. The molecule has 9 heteroatoms. The molecule has 1 heterocycles. The van der Waals surface area contributed by atoms with Crippen molar-refractivity contribution in [1.29, 1.82) is 0 Å². The summed E-state index contributed by atoms with van der Waals surface area (Å²) in [5.74, 6) is -2.27. The van der Waals surface area contributed by atoms with Crippen LogP contribution in [0, 0.1) is 5.92 Å². The van der Waals surface area contributed by atoms with Crippen LogP contribution < -0.4 is 4.72 Å². The highest BCUT2D eigenvalue weighted by atomic mass is 32.2. The van der Waals surface area contributed by atoms with Gasteiger partial charge in [-0.25, -0.2) is 13.2 Å². The fourth-order valence-corrected chi connectivity index (χ4v) is 3.11. The van der Waals surface area contributed by atoms with Gasteiger partial charge in [-0.3, -0.25) is 4.79 Å². The van der Waals surface area contributed by atoms with Crippen LogP contribution in [0.15, 0.2) is 17.2 Å². The van der Waals surface area contributed by atoms with E-state index in [0.29, 0.717) is 0 Å². The number of carboxylic acid groups (broad SMARTS) is 1. The topological polar surface area (TPSA) is 115 Å². The molecular weight excluding hydrogens is 300 g/mol. The number of aromatic carboxylic acids is 1. The second kappa shape index (κ2) is 6.27. The molecule has 0 bridgehead atoms. The quantitative estimate of drug-likeness (QED) is 0.724. The number of aryl methyl sites for hydroxylation is 1. The summed E-state index contributed by atoms with van der Waals surface area (Å²) in [6.07, 6.45) is 1.17. The van der Waals surface area contributed by atoms with Crippen LogP contribution in [-0.4, -0.2) is 43.2 Å². The number of hydrogen-bond acceptors (Lipinski definition) is 5. The maximum Gasteiger partial charge on any atom is 0.352 e. The van der Waals surface area contributed by atoms with Crippen molar-refractivity contribution < 1.29 is 27.9 Å². The van der Waals surface area contributed by atoms with Crippen LogP contribution >= 0.6 is 0 Å². The minimum absolute atomic E-state index is 0.172. The molecule has 8 nitrogen and oxygen atoms in total. The van der Waals surface area contributed by atoms with Gasteiger partial charge in [0.2, 0.25) is 10.0 Å². The van der Waals surface area contributed by atoms with Crippen LogP contribution in [0.3, 0.4) is 0 Å². The van der Waals surface area contributed by atoms with E-state index in [4.69, 9.17) is 5.11 Å². The molecule has 0 radical (unpaired) electrons. The minimum atomic E-state index is -4.03. The molecule has 21 heavy (non-hydrogen) atoms. The van der Waals surface area contributed by atoms with E-state index in [-0.39, 0.29) is 16.5 Å². The lowest BCUT2D eigenvalue weighted by atomic mass is 10.1. The van der Waals surface area contributed by atoms with Gasteiger partial charge in [-0.15, -0.1) is 0 Å². The van der Waals surface area contributed by atoms with Gasteiger partial charge in [-0.2, -0.15) is 4.72 Å². The van der Waals surface area contributed by atoms with Gasteiger partial charge < -0.3 is 14.4 Å². The van der Waals surface area contributed by atoms with Gasteiger partial charge in [-0.05, 0) is 12.0 Å². The monoisotopic (exact) mass is 318 g/mol. The zero-order chi connectivity index (χ0) is 16.4. The fraction of sp³-hybridized carbons (Fsp3) is 0.500. The Kier molecular flexibility index (Phi) is 5.13. The molecule has 1 aromatic heterocycles. The number of aromatic nitrogens is 1. The van der Waals surface area contributed by atoms with Gasteiger partial charge in [0.15, 0.2) is 0 Å². The third-order valence-corrected chi connectivity index (χ3v) is 4.32. The summed E-state index contributed by atoms with van der Waals surface area (Å²) >= 11 is 0. The predicted molar refractivity (Wildman–Crippen MR) is 73.3 cm³/mol. The molecule has 1 rings (SSSR count). The van der Waals surface area contributed by atoms with Gasteiger partial charge in [0.25, 0.3) is 0 Å². The summed E-state index contributed by atoms with van der Waals surface area (Å²) in [6.45, 7) is 3.33. The molecule has 1 aromatic rings. The van der Waals surface area contributed by atoms with Crippen LogP contribution in [0.25, 0.3) is 0 Å². The first-order valence-corrected chi connectivity index (χ1v) is 7.58. The predicted octanol–water partition coefficient (Wildman–Crippen LogP) is 0.199. The maximum absolute atomic E-state index is 12.2. The Hall–Kier alpha value is -1.87. The standard InChI is InChI=1S/C12H18N2O6S/c1-7(2)10(12(17)20-4)13-21(18,19)8-5-9(11(15)16)14(3)6-8/h5-7,10,13H,1-4H3,(H,15,16). The molecule has 0 spiro atoms. The van der Waals surface area contributed by atoms with E-state index in [1.165, 1.54) is 17.8 Å². The SMILES string of the molecule is COC(=O)C(NS(=O)(=O)c1cc(C(=O)O)n(C)c1)C(C)C. The third kappa shape index (κ3) is 3.82. The number of carbonyl (C=O) groups excluding carboxylic acids is 1. The van der Waals surface area contributed by atoms with Crippen molar-refractivity contribution >= 4 is 22.0 Å². The molecule has 1 unspecified atom stereocenters. The Balaban J connectivity index is 3.13. The van der Waals surface area contributed by atoms with Crippen molar-refractivity contribution in [3.8, 4) is 0 Å². The summed E-state index contributed by atoms with van der Waals surface area (Å²) in [5.41, 5.74) is -0.172. The molecule has 2 N–H and O–H groups in total. The first-order chi connectivity index (χ1) is 9.60. The molecular formula is C12H18N2O6S. The number of nitrogens with one attached hydrogen (secondary N) is 1. The van der Waals surface area contributed by atoms with Gasteiger partial charge in [-0.1, -0.05) is 13.8 Å². The van der Waals surface area contributed by atoms with Gasteiger partial charge >= 0.3 is 11.9 Å². The number of esters is 1. The number of carboxylic acids is 1. The van der Waals surface area contributed by atoms with Crippen molar-refractivity contribution in [2.75, 3.05) is 7.11 Å². The van der Waals surface area contributed by atoms with Gasteiger partial charge in [0, 0.05) is 13.2 Å².